The number of alkyl halides is 3. The van der Waals surface area contributed by atoms with Crippen LogP contribution in [0.1, 0.15) is 58.4 Å². The standard InChI is InChI=1S/C26H32F3N5O2/c1-17-23(25(36)33-10-5-21(6-11-33)32-12-7-22(35)8-13-32)30-16-31-24(17)34-9-4-18-2-3-20(26(27,28)29)14-19(18)15-34/h2-3,14,16,21-22,35H,4-13,15H2,1H3. The summed E-state index contributed by atoms with van der Waals surface area (Å²) >= 11 is 0. The van der Waals surface area contributed by atoms with Crippen LogP contribution in [0.15, 0.2) is 24.5 Å². The van der Waals surface area contributed by atoms with Crippen LogP contribution in [-0.2, 0) is 19.1 Å². The number of aliphatic hydroxyl groups is 1. The van der Waals surface area contributed by atoms with Gasteiger partial charge in [0, 0.05) is 50.9 Å². The first kappa shape index (κ1) is 25.0. The van der Waals surface area contributed by atoms with Crippen molar-refractivity contribution in [3.8, 4) is 0 Å². The molecule has 1 N–H and O–H groups in total. The van der Waals surface area contributed by atoms with Crippen LogP contribution in [0, 0.1) is 6.92 Å². The zero-order chi connectivity index (χ0) is 25.4. The van der Waals surface area contributed by atoms with Crippen molar-refractivity contribution in [3.05, 3.63) is 52.5 Å². The van der Waals surface area contributed by atoms with Crippen molar-refractivity contribution in [2.24, 2.45) is 0 Å². The lowest BCUT2D eigenvalue weighted by atomic mass is 9.96. The molecule has 0 saturated carbocycles. The quantitative estimate of drug-likeness (QED) is 0.692. The topological polar surface area (TPSA) is 72.8 Å². The number of piperidine rings is 2. The average molecular weight is 504 g/mol. The summed E-state index contributed by atoms with van der Waals surface area (Å²) in [4.78, 5) is 28.3. The summed E-state index contributed by atoms with van der Waals surface area (Å²) in [5.41, 5.74) is 1.91. The Balaban J connectivity index is 1.27. The molecule has 36 heavy (non-hydrogen) atoms. The van der Waals surface area contributed by atoms with Gasteiger partial charge in [0.2, 0.25) is 0 Å². The molecule has 1 aromatic carbocycles. The van der Waals surface area contributed by atoms with Gasteiger partial charge in [0.05, 0.1) is 11.7 Å². The summed E-state index contributed by atoms with van der Waals surface area (Å²) in [5.74, 6) is 0.471. The van der Waals surface area contributed by atoms with Crippen LogP contribution in [0.2, 0.25) is 0 Å². The van der Waals surface area contributed by atoms with E-state index in [1.807, 2.05) is 16.7 Å². The Labute approximate surface area is 208 Å². The van der Waals surface area contributed by atoms with E-state index in [-0.39, 0.29) is 12.0 Å². The molecule has 3 aliphatic heterocycles. The second-order valence-corrected chi connectivity index (χ2v) is 10.1. The Morgan fingerprint density at radius 3 is 2.42 bits per heavy atom. The average Bonchev–Trinajstić information content (AvgIpc) is 2.88. The van der Waals surface area contributed by atoms with Crippen molar-refractivity contribution in [1.29, 1.82) is 0 Å². The van der Waals surface area contributed by atoms with Gasteiger partial charge in [-0.05, 0) is 62.3 Å². The lowest BCUT2D eigenvalue weighted by molar-refractivity contribution is -0.137. The second kappa shape index (κ2) is 9.97. The molecule has 1 aromatic heterocycles. The first-order valence-corrected chi connectivity index (χ1v) is 12.7. The highest BCUT2D eigenvalue weighted by Crippen LogP contribution is 2.33. The number of hydrogen-bond acceptors (Lipinski definition) is 6. The number of fused-ring (bicyclic) bond motifs is 1. The fourth-order valence-corrected chi connectivity index (χ4v) is 5.72. The number of likely N-dealkylation sites (tertiary alicyclic amines) is 2. The Morgan fingerprint density at radius 2 is 1.72 bits per heavy atom. The number of nitrogens with zero attached hydrogens (tertiary/aromatic N) is 5. The third-order valence-electron chi connectivity index (χ3n) is 7.87. The van der Waals surface area contributed by atoms with Crippen LogP contribution in [0.25, 0.3) is 0 Å². The molecule has 2 fully saturated rings. The number of aromatic nitrogens is 2. The molecule has 0 aliphatic carbocycles. The molecule has 2 saturated heterocycles. The van der Waals surface area contributed by atoms with Crippen LogP contribution >= 0.6 is 0 Å². The molecule has 2 aromatic rings. The second-order valence-electron chi connectivity index (χ2n) is 10.1. The van der Waals surface area contributed by atoms with Gasteiger partial charge in [-0.3, -0.25) is 4.79 Å². The Hall–Kier alpha value is -2.72. The van der Waals surface area contributed by atoms with Gasteiger partial charge in [-0.15, -0.1) is 0 Å². The molecule has 0 radical (unpaired) electrons. The maximum atomic E-state index is 13.4. The van der Waals surface area contributed by atoms with E-state index in [4.69, 9.17) is 0 Å². The number of carbonyl (C=O) groups is 1. The van der Waals surface area contributed by atoms with E-state index < -0.39 is 11.7 Å². The van der Waals surface area contributed by atoms with Crippen molar-refractivity contribution in [2.75, 3.05) is 37.6 Å². The molecule has 0 atom stereocenters. The highest BCUT2D eigenvalue weighted by atomic mass is 19.4. The summed E-state index contributed by atoms with van der Waals surface area (Å²) < 4.78 is 39.7. The predicted molar refractivity (Wildman–Crippen MR) is 129 cm³/mol. The Morgan fingerprint density at radius 1 is 1.00 bits per heavy atom. The largest absolute Gasteiger partial charge is 0.416 e. The molecule has 10 heteroatoms. The summed E-state index contributed by atoms with van der Waals surface area (Å²) in [5, 5.41) is 9.76. The van der Waals surface area contributed by atoms with E-state index in [1.165, 1.54) is 12.4 Å². The van der Waals surface area contributed by atoms with Crippen LogP contribution in [0.5, 0.6) is 0 Å². The summed E-state index contributed by atoms with van der Waals surface area (Å²) in [7, 11) is 0. The molecule has 5 rings (SSSR count). The fraction of sp³-hybridized carbons (Fsp3) is 0.577. The smallest absolute Gasteiger partial charge is 0.393 e. The summed E-state index contributed by atoms with van der Waals surface area (Å²) in [6, 6.07) is 4.35. The molecule has 7 nitrogen and oxygen atoms in total. The number of anilines is 1. The Bertz CT molecular complexity index is 1110. The van der Waals surface area contributed by atoms with E-state index >= 15 is 0 Å². The molecular weight excluding hydrogens is 471 g/mol. The number of aliphatic hydroxyl groups excluding tert-OH is 1. The predicted octanol–water partition coefficient (Wildman–Crippen LogP) is 3.43. The molecule has 3 aliphatic rings. The lowest BCUT2D eigenvalue weighted by Crippen LogP contribution is -2.49. The van der Waals surface area contributed by atoms with Gasteiger partial charge in [-0.25, -0.2) is 9.97 Å². The van der Waals surface area contributed by atoms with E-state index in [2.05, 4.69) is 14.9 Å². The van der Waals surface area contributed by atoms with Gasteiger partial charge < -0.3 is 19.8 Å². The van der Waals surface area contributed by atoms with Crippen LogP contribution in [-0.4, -0.2) is 75.7 Å². The lowest BCUT2D eigenvalue weighted by Gasteiger charge is -2.41. The minimum atomic E-state index is -4.38. The highest BCUT2D eigenvalue weighted by Gasteiger charge is 2.33. The molecule has 0 unspecified atom stereocenters. The number of amides is 1. The molecule has 1 amide bonds. The van der Waals surface area contributed by atoms with Crippen LogP contribution in [0.4, 0.5) is 19.0 Å². The van der Waals surface area contributed by atoms with Gasteiger partial charge in [-0.1, -0.05) is 6.07 Å². The number of halogens is 3. The van der Waals surface area contributed by atoms with Crippen molar-refractivity contribution >= 4 is 11.7 Å². The van der Waals surface area contributed by atoms with Gasteiger partial charge in [0.15, 0.2) is 0 Å². The first-order chi connectivity index (χ1) is 17.2. The summed E-state index contributed by atoms with van der Waals surface area (Å²) in [6.45, 7) is 5.84. The summed E-state index contributed by atoms with van der Waals surface area (Å²) in [6.07, 6.45) is 0.806. The van der Waals surface area contributed by atoms with Crippen molar-refractivity contribution < 1.29 is 23.1 Å². The monoisotopic (exact) mass is 503 g/mol. The number of benzene rings is 1. The maximum absolute atomic E-state index is 13.4. The zero-order valence-corrected chi connectivity index (χ0v) is 20.5. The van der Waals surface area contributed by atoms with Crippen LogP contribution < -0.4 is 4.90 Å². The maximum Gasteiger partial charge on any atom is 0.416 e. The molecule has 4 heterocycles. The minimum absolute atomic E-state index is 0.125. The highest BCUT2D eigenvalue weighted by molar-refractivity contribution is 5.94. The fourth-order valence-electron chi connectivity index (χ4n) is 5.72. The number of hydrogen-bond donors (Lipinski definition) is 1. The zero-order valence-electron chi connectivity index (χ0n) is 20.5. The van der Waals surface area contributed by atoms with Crippen LogP contribution in [0.3, 0.4) is 0 Å². The van der Waals surface area contributed by atoms with Crippen molar-refractivity contribution in [3.63, 3.8) is 0 Å². The van der Waals surface area contributed by atoms with Gasteiger partial charge in [0.25, 0.3) is 5.91 Å². The first-order valence-electron chi connectivity index (χ1n) is 12.7. The number of rotatable bonds is 3. The van der Waals surface area contributed by atoms with E-state index in [0.29, 0.717) is 61.3 Å². The van der Waals surface area contributed by atoms with Crippen molar-refractivity contribution in [1.82, 2.24) is 19.8 Å². The molecule has 194 valence electrons. The van der Waals surface area contributed by atoms with E-state index in [0.717, 1.165) is 50.4 Å². The van der Waals surface area contributed by atoms with E-state index in [9.17, 15) is 23.1 Å². The normalized spacial score (nSPS) is 20.5. The van der Waals surface area contributed by atoms with Crippen molar-refractivity contribution in [2.45, 2.75) is 63.9 Å². The molecule has 0 bridgehead atoms. The molecule has 0 spiro atoms. The molecular formula is C26H32F3N5O2. The Kier molecular flexibility index (Phi) is 6.91. The van der Waals surface area contributed by atoms with E-state index in [1.54, 1.807) is 6.07 Å². The minimum Gasteiger partial charge on any atom is -0.393 e. The third-order valence-corrected chi connectivity index (χ3v) is 7.87. The van der Waals surface area contributed by atoms with Gasteiger partial charge in [0.1, 0.15) is 17.8 Å². The van der Waals surface area contributed by atoms with Gasteiger partial charge >= 0.3 is 6.18 Å². The number of carbonyl (C=O) groups excluding carboxylic acids is 1. The SMILES string of the molecule is Cc1c(C(=O)N2CCC(N3CCC(O)CC3)CC2)ncnc1N1CCc2ccc(C(F)(F)F)cc2C1. The van der Waals surface area contributed by atoms with Gasteiger partial charge in [-0.2, -0.15) is 13.2 Å². The third kappa shape index (κ3) is 5.06.